The van der Waals surface area contributed by atoms with Gasteiger partial charge in [0.1, 0.15) is 5.75 Å². The predicted molar refractivity (Wildman–Crippen MR) is 98.0 cm³/mol. The molecule has 3 rings (SSSR count). The summed E-state index contributed by atoms with van der Waals surface area (Å²) >= 11 is 1.16. The summed E-state index contributed by atoms with van der Waals surface area (Å²) < 4.78 is 1.46. The number of tetrazole rings is 1. The van der Waals surface area contributed by atoms with Crippen LogP contribution in [0.4, 0.5) is 11.4 Å². The van der Waals surface area contributed by atoms with Crippen LogP contribution in [-0.2, 0) is 4.79 Å². The number of benzene rings is 2. The van der Waals surface area contributed by atoms with E-state index in [9.17, 15) is 20.0 Å². The number of carbonyl (C=O) groups is 1. The number of hydrogen-bond donors (Lipinski definition) is 1. The van der Waals surface area contributed by atoms with Gasteiger partial charge in [0.2, 0.25) is 11.1 Å². The molecule has 10 nitrogen and oxygen atoms in total. The topological polar surface area (TPSA) is 127 Å². The third-order valence-corrected chi connectivity index (χ3v) is 4.59. The van der Waals surface area contributed by atoms with Crippen LogP contribution in [0.1, 0.15) is 0 Å². The third kappa shape index (κ3) is 4.20. The maximum Gasteiger partial charge on any atom is 0.269 e. The molecule has 1 heterocycles. The van der Waals surface area contributed by atoms with E-state index < -0.39 is 4.92 Å². The molecule has 0 aliphatic carbocycles. The van der Waals surface area contributed by atoms with Crippen molar-refractivity contribution in [2.24, 2.45) is 0 Å². The fourth-order valence-corrected chi connectivity index (χ4v) is 2.99. The van der Waals surface area contributed by atoms with Gasteiger partial charge in [0.25, 0.3) is 5.69 Å². The van der Waals surface area contributed by atoms with Gasteiger partial charge in [0, 0.05) is 24.9 Å². The van der Waals surface area contributed by atoms with E-state index >= 15 is 0 Å². The fourth-order valence-electron chi connectivity index (χ4n) is 2.19. The van der Waals surface area contributed by atoms with Crippen molar-refractivity contribution in [3.8, 4) is 11.4 Å². The van der Waals surface area contributed by atoms with Crippen molar-refractivity contribution in [2.75, 3.05) is 17.7 Å². The summed E-state index contributed by atoms with van der Waals surface area (Å²) in [5, 5.41) is 31.9. The molecule has 11 heteroatoms. The molecule has 0 fully saturated rings. The number of rotatable bonds is 6. The van der Waals surface area contributed by atoms with Crippen molar-refractivity contribution >= 4 is 29.0 Å². The van der Waals surface area contributed by atoms with E-state index in [0.717, 1.165) is 11.8 Å². The molecule has 0 unspecified atom stereocenters. The van der Waals surface area contributed by atoms with Crippen molar-refractivity contribution in [1.29, 1.82) is 0 Å². The number of nitro groups is 1. The molecule has 3 aromatic rings. The molecule has 0 atom stereocenters. The first-order valence-corrected chi connectivity index (χ1v) is 8.66. The van der Waals surface area contributed by atoms with Gasteiger partial charge in [-0.1, -0.05) is 11.8 Å². The predicted octanol–water partition coefficient (Wildman–Crippen LogP) is 2.03. The molecule has 0 saturated carbocycles. The number of nitrogens with zero attached hydrogens (tertiary/aromatic N) is 6. The van der Waals surface area contributed by atoms with Crippen LogP contribution < -0.4 is 4.90 Å². The van der Waals surface area contributed by atoms with Crippen molar-refractivity contribution in [3.63, 3.8) is 0 Å². The Morgan fingerprint density at radius 1 is 1.22 bits per heavy atom. The standard InChI is InChI=1S/C16H14N6O4S/c1-20(11-2-4-13(5-3-11)22(25)26)15(24)10-27-16-17-18-19-21(16)12-6-8-14(23)9-7-12/h2-9,23H,10H2,1H3. The number of non-ortho nitro benzene ring substituents is 1. The Morgan fingerprint density at radius 2 is 1.89 bits per heavy atom. The molecule has 0 bridgehead atoms. The second kappa shape index (κ2) is 7.83. The largest absolute Gasteiger partial charge is 0.508 e. The van der Waals surface area contributed by atoms with E-state index in [1.54, 1.807) is 19.2 Å². The lowest BCUT2D eigenvalue weighted by Gasteiger charge is -2.16. The molecular formula is C16H14N6O4S. The van der Waals surface area contributed by atoms with Gasteiger partial charge < -0.3 is 10.0 Å². The van der Waals surface area contributed by atoms with E-state index in [1.807, 2.05) is 0 Å². The fraction of sp³-hybridized carbons (Fsp3) is 0.125. The van der Waals surface area contributed by atoms with Crippen LogP contribution in [0.2, 0.25) is 0 Å². The van der Waals surface area contributed by atoms with Crippen molar-refractivity contribution in [2.45, 2.75) is 5.16 Å². The average Bonchev–Trinajstić information content (AvgIpc) is 3.14. The van der Waals surface area contributed by atoms with Gasteiger partial charge in [-0.15, -0.1) is 5.10 Å². The Morgan fingerprint density at radius 3 is 2.52 bits per heavy atom. The number of aromatic hydroxyl groups is 1. The number of aromatic nitrogens is 4. The quantitative estimate of drug-likeness (QED) is 0.387. The average molecular weight is 386 g/mol. The number of phenolic OH excluding ortho intramolecular Hbond substituents is 1. The smallest absolute Gasteiger partial charge is 0.269 e. The molecule has 1 aromatic heterocycles. The lowest BCUT2D eigenvalue weighted by Crippen LogP contribution is -2.28. The molecule has 0 aliphatic heterocycles. The Kier molecular flexibility index (Phi) is 5.31. The minimum absolute atomic E-state index is 0.0398. The van der Waals surface area contributed by atoms with Crippen molar-refractivity contribution in [1.82, 2.24) is 20.2 Å². The first-order valence-electron chi connectivity index (χ1n) is 7.67. The summed E-state index contributed by atoms with van der Waals surface area (Å²) in [5.41, 5.74) is 1.16. The van der Waals surface area contributed by atoms with Gasteiger partial charge in [-0.05, 0) is 46.8 Å². The second-order valence-corrected chi connectivity index (χ2v) is 6.35. The highest BCUT2D eigenvalue weighted by Gasteiger charge is 2.16. The number of nitro benzene ring substituents is 1. The lowest BCUT2D eigenvalue weighted by molar-refractivity contribution is -0.384. The highest BCUT2D eigenvalue weighted by atomic mass is 32.2. The number of hydrogen-bond acceptors (Lipinski definition) is 8. The van der Waals surface area contributed by atoms with Crippen molar-refractivity contribution in [3.05, 3.63) is 58.6 Å². The number of anilines is 1. The van der Waals surface area contributed by atoms with E-state index in [4.69, 9.17) is 0 Å². The monoisotopic (exact) mass is 386 g/mol. The zero-order valence-electron chi connectivity index (χ0n) is 14.1. The summed E-state index contributed by atoms with van der Waals surface area (Å²) in [6.45, 7) is 0. The Hall–Kier alpha value is -3.47. The van der Waals surface area contributed by atoms with E-state index in [1.165, 1.54) is 46.0 Å². The number of thioether (sulfide) groups is 1. The molecular weight excluding hydrogens is 372 g/mol. The minimum Gasteiger partial charge on any atom is -0.508 e. The highest BCUT2D eigenvalue weighted by Crippen LogP contribution is 2.22. The first-order chi connectivity index (χ1) is 13.0. The maximum atomic E-state index is 12.4. The zero-order valence-corrected chi connectivity index (χ0v) is 14.9. The number of phenols is 1. The van der Waals surface area contributed by atoms with E-state index in [2.05, 4.69) is 15.5 Å². The summed E-state index contributed by atoms with van der Waals surface area (Å²) in [6.07, 6.45) is 0. The van der Waals surface area contributed by atoms with Crippen LogP contribution in [0.5, 0.6) is 5.75 Å². The third-order valence-electron chi connectivity index (χ3n) is 3.68. The maximum absolute atomic E-state index is 12.4. The van der Waals surface area contributed by atoms with Gasteiger partial charge >= 0.3 is 0 Å². The molecule has 2 aromatic carbocycles. The molecule has 1 N–H and O–H groups in total. The van der Waals surface area contributed by atoms with E-state index in [-0.39, 0.29) is 23.1 Å². The molecule has 0 aliphatic rings. The van der Waals surface area contributed by atoms with Crippen LogP contribution in [-0.4, -0.2) is 48.9 Å². The molecule has 0 saturated heterocycles. The molecule has 0 radical (unpaired) electrons. The van der Waals surface area contributed by atoms with Gasteiger partial charge in [0.05, 0.1) is 16.4 Å². The summed E-state index contributed by atoms with van der Waals surface area (Å²) in [6, 6.07) is 12.1. The van der Waals surface area contributed by atoms with Crippen LogP contribution in [0.25, 0.3) is 5.69 Å². The van der Waals surface area contributed by atoms with Crippen molar-refractivity contribution < 1.29 is 14.8 Å². The second-order valence-electron chi connectivity index (χ2n) is 5.40. The Bertz CT molecular complexity index is 958. The first kappa shape index (κ1) is 18.3. The summed E-state index contributed by atoms with van der Waals surface area (Å²) in [4.78, 5) is 24.0. The van der Waals surface area contributed by atoms with Crippen LogP contribution in [0.15, 0.2) is 53.7 Å². The SMILES string of the molecule is CN(C(=O)CSc1nnnn1-c1ccc(O)cc1)c1ccc([N+](=O)[O-])cc1. The highest BCUT2D eigenvalue weighted by molar-refractivity contribution is 7.99. The normalized spacial score (nSPS) is 10.6. The molecule has 138 valence electrons. The molecule has 1 amide bonds. The number of carbonyl (C=O) groups excluding carboxylic acids is 1. The van der Waals surface area contributed by atoms with Crippen LogP contribution in [0.3, 0.4) is 0 Å². The van der Waals surface area contributed by atoms with Gasteiger partial charge in [-0.25, -0.2) is 0 Å². The molecule has 27 heavy (non-hydrogen) atoms. The Balaban J connectivity index is 1.66. The van der Waals surface area contributed by atoms with Gasteiger partial charge in [0.15, 0.2) is 0 Å². The lowest BCUT2D eigenvalue weighted by atomic mass is 10.2. The number of amides is 1. The van der Waals surface area contributed by atoms with E-state index in [0.29, 0.717) is 16.5 Å². The molecule has 0 spiro atoms. The summed E-state index contributed by atoms with van der Waals surface area (Å²) in [5.74, 6) is -0.0126. The van der Waals surface area contributed by atoms with Gasteiger partial charge in [-0.3, -0.25) is 14.9 Å². The van der Waals surface area contributed by atoms with Crippen LogP contribution in [0, 0.1) is 10.1 Å². The van der Waals surface area contributed by atoms with Crippen LogP contribution >= 0.6 is 11.8 Å². The Labute approximate surface area is 157 Å². The minimum atomic E-state index is -0.495. The zero-order chi connectivity index (χ0) is 19.4. The van der Waals surface area contributed by atoms with Gasteiger partial charge in [-0.2, -0.15) is 4.68 Å². The summed E-state index contributed by atoms with van der Waals surface area (Å²) in [7, 11) is 1.59.